The van der Waals surface area contributed by atoms with Gasteiger partial charge in [-0.25, -0.2) is 0 Å². The number of amides is 1. The molecule has 0 bridgehead atoms. The summed E-state index contributed by atoms with van der Waals surface area (Å²) in [6.07, 6.45) is 3.23. The summed E-state index contributed by atoms with van der Waals surface area (Å²) >= 11 is 3.53. The van der Waals surface area contributed by atoms with E-state index in [4.69, 9.17) is 0 Å². The van der Waals surface area contributed by atoms with Crippen LogP contribution in [0.2, 0.25) is 0 Å². The van der Waals surface area contributed by atoms with Crippen molar-refractivity contribution in [1.29, 1.82) is 0 Å². The number of carbonyl (C=O) groups is 1. The second kappa shape index (κ2) is 7.27. The van der Waals surface area contributed by atoms with Crippen LogP contribution in [0.1, 0.15) is 30.4 Å². The first-order valence-electron chi connectivity index (χ1n) is 6.39. The summed E-state index contributed by atoms with van der Waals surface area (Å²) in [5.41, 5.74) is 3.16. The zero-order valence-corrected chi connectivity index (χ0v) is 13.7. The van der Waals surface area contributed by atoms with Crippen LogP contribution in [0.4, 0.5) is 5.69 Å². The Balaban J connectivity index is 0.00000180. The Labute approximate surface area is 129 Å². The summed E-state index contributed by atoms with van der Waals surface area (Å²) in [5, 5.41) is 6.26. The number of carbonyl (C=O) groups excluding carboxylic acids is 1. The number of hydrogen-bond acceptors (Lipinski definition) is 2. The van der Waals surface area contributed by atoms with E-state index in [1.807, 2.05) is 26.0 Å². The molecule has 1 aliphatic rings. The van der Waals surface area contributed by atoms with Gasteiger partial charge in [-0.2, -0.15) is 0 Å². The van der Waals surface area contributed by atoms with Gasteiger partial charge in [0.05, 0.1) is 6.04 Å². The first kappa shape index (κ1) is 16.5. The Morgan fingerprint density at radius 3 is 2.47 bits per heavy atom. The van der Waals surface area contributed by atoms with Crippen LogP contribution in [0.5, 0.6) is 0 Å². The molecule has 0 saturated carbocycles. The monoisotopic (exact) mass is 346 g/mol. The number of anilines is 1. The number of halogens is 2. The summed E-state index contributed by atoms with van der Waals surface area (Å²) in [5.74, 6) is 0.0795. The molecule has 2 N–H and O–H groups in total. The number of piperidine rings is 1. The molecule has 1 amide bonds. The van der Waals surface area contributed by atoms with E-state index in [-0.39, 0.29) is 24.4 Å². The lowest BCUT2D eigenvalue weighted by molar-refractivity contribution is -0.118. The van der Waals surface area contributed by atoms with Crippen LogP contribution in [0.15, 0.2) is 16.6 Å². The topological polar surface area (TPSA) is 41.1 Å². The molecule has 1 aliphatic heterocycles. The largest absolute Gasteiger partial charge is 0.325 e. The van der Waals surface area contributed by atoms with Crippen molar-refractivity contribution in [3.8, 4) is 0 Å². The first-order chi connectivity index (χ1) is 8.58. The van der Waals surface area contributed by atoms with Crippen LogP contribution in [-0.4, -0.2) is 18.5 Å². The minimum atomic E-state index is -0.0389. The lowest BCUT2D eigenvalue weighted by Crippen LogP contribution is -2.43. The van der Waals surface area contributed by atoms with E-state index in [0.717, 1.165) is 40.7 Å². The molecule has 1 fully saturated rings. The molecule has 1 aromatic carbocycles. The highest BCUT2D eigenvalue weighted by Gasteiger charge is 2.20. The van der Waals surface area contributed by atoms with Gasteiger partial charge in [0.25, 0.3) is 0 Å². The van der Waals surface area contributed by atoms with Gasteiger partial charge in [-0.05, 0) is 56.5 Å². The molecule has 5 heteroatoms. The van der Waals surface area contributed by atoms with Crippen LogP contribution in [0.25, 0.3) is 0 Å². The van der Waals surface area contributed by atoms with E-state index in [0.29, 0.717) is 0 Å². The highest BCUT2D eigenvalue weighted by molar-refractivity contribution is 9.10. The fraction of sp³-hybridized carbons (Fsp3) is 0.500. The minimum Gasteiger partial charge on any atom is -0.325 e. The maximum Gasteiger partial charge on any atom is 0.241 e. The molecule has 0 radical (unpaired) electrons. The van der Waals surface area contributed by atoms with Crippen molar-refractivity contribution >= 4 is 39.9 Å². The molecule has 2 rings (SSSR count). The predicted molar refractivity (Wildman–Crippen MR) is 85.1 cm³/mol. The molecular weight excluding hydrogens is 328 g/mol. The van der Waals surface area contributed by atoms with Gasteiger partial charge in [-0.15, -0.1) is 12.4 Å². The quantitative estimate of drug-likeness (QED) is 0.858. The first-order valence-corrected chi connectivity index (χ1v) is 7.18. The number of benzene rings is 1. The van der Waals surface area contributed by atoms with Crippen molar-refractivity contribution in [1.82, 2.24) is 5.32 Å². The number of hydrogen-bond donors (Lipinski definition) is 2. The molecule has 0 aromatic heterocycles. The van der Waals surface area contributed by atoms with Gasteiger partial charge in [-0.3, -0.25) is 4.79 Å². The fourth-order valence-corrected chi connectivity index (χ4v) is 2.55. The van der Waals surface area contributed by atoms with Crippen LogP contribution in [0.3, 0.4) is 0 Å². The third-order valence-electron chi connectivity index (χ3n) is 3.33. The molecule has 3 nitrogen and oxygen atoms in total. The van der Waals surface area contributed by atoms with Gasteiger partial charge >= 0.3 is 0 Å². The summed E-state index contributed by atoms with van der Waals surface area (Å²) in [6.45, 7) is 5.01. The van der Waals surface area contributed by atoms with E-state index in [2.05, 4.69) is 26.6 Å². The smallest absolute Gasteiger partial charge is 0.241 e. The van der Waals surface area contributed by atoms with Gasteiger partial charge in [0.1, 0.15) is 0 Å². The normalized spacial score (nSPS) is 18.6. The van der Waals surface area contributed by atoms with Crippen LogP contribution in [0, 0.1) is 13.8 Å². The Kier molecular flexibility index (Phi) is 6.30. The Hall–Kier alpha value is -0.580. The molecule has 0 spiro atoms. The van der Waals surface area contributed by atoms with Crippen LogP contribution < -0.4 is 10.6 Å². The molecule has 0 aliphatic carbocycles. The average molecular weight is 348 g/mol. The second-order valence-corrected chi connectivity index (χ2v) is 5.71. The van der Waals surface area contributed by atoms with Gasteiger partial charge in [0.2, 0.25) is 5.91 Å². The van der Waals surface area contributed by atoms with E-state index < -0.39 is 0 Å². The summed E-state index contributed by atoms with van der Waals surface area (Å²) in [4.78, 5) is 12.1. The van der Waals surface area contributed by atoms with E-state index in [1.165, 1.54) is 6.42 Å². The Morgan fingerprint density at radius 2 is 1.95 bits per heavy atom. The maximum absolute atomic E-state index is 12.1. The van der Waals surface area contributed by atoms with Crippen molar-refractivity contribution in [2.45, 2.75) is 39.2 Å². The van der Waals surface area contributed by atoms with Crippen molar-refractivity contribution < 1.29 is 4.79 Å². The zero-order valence-electron chi connectivity index (χ0n) is 11.3. The summed E-state index contributed by atoms with van der Waals surface area (Å²) in [7, 11) is 0. The second-order valence-electron chi connectivity index (χ2n) is 4.92. The molecule has 1 atom stereocenters. The lowest BCUT2D eigenvalue weighted by atomic mass is 10.0. The van der Waals surface area contributed by atoms with Crippen LogP contribution >= 0.6 is 28.3 Å². The van der Waals surface area contributed by atoms with Crippen molar-refractivity contribution in [3.05, 3.63) is 27.7 Å². The van der Waals surface area contributed by atoms with Gasteiger partial charge in [0, 0.05) is 10.2 Å². The van der Waals surface area contributed by atoms with E-state index in [9.17, 15) is 4.79 Å². The highest BCUT2D eigenvalue weighted by Crippen LogP contribution is 2.25. The summed E-state index contributed by atoms with van der Waals surface area (Å²) < 4.78 is 1.11. The van der Waals surface area contributed by atoms with E-state index in [1.54, 1.807) is 0 Å². The Morgan fingerprint density at radius 1 is 1.32 bits per heavy atom. The van der Waals surface area contributed by atoms with Crippen LogP contribution in [-0.2, 0) is 4.79 Å². The standard InChI is InChI=1S/C14H19BrN2O.ClH/c1-9-7-11(8-10(2)13(9)15)17-14(18)12-5-3-4-6-16-12;/h7-8,12,16H,3-6H2,1-2H3,(H,17,18);1H/t12-;/m0./s1. The van der Waals surface area contributed by atoms with Gasteiger partial charge < -0.3 is 10.6 Å². The van der Waals surface area contributed by atoms with Crippen molar-refractivity contribution in [2.75, 3.05) is 11.9 Å². The Bertz CT molecular complexity index is 436. The zero-order chi connectivity index (χ0) is 13.1. The third-order valence-corrected chi connectivity index (χ3v) is 4.58. The molecule has 0 unspecified atom stereocenters. The maximum atomic E-state index is 12.1. The van der Waals surface area contributed by atoms with E-state index >= 15 is 0 Å². The molecule has 19 heavy (non-hydrogen) atoms. The molecule has 1 aromatic rings. The van der Waals surface area contributed by atoms with Crippen molar-refractivity contribution in [2.24, 2.45) is 0 Å². The molecule has 1 heterocycles. The van der Waals surface area contributed by atoms with Gasteiger partial charge in [-0.1, -0.05) is 22.4 Å². The lowest BCUT2D eigenvalue weighted by Gasteiger charge is -2.22. The fourth-order valence-electron chi connectivity index (χ4n) is 2.32. The average Bonchev–Trinajstić information content (AvgIpc) is 2.37. The SMILES string of the molecule is Cc1cc(NC(=O)[C@@H]2CCCCN2)cc(C)c1Br.Cl. The molecule has 106 valence electrons. The van der Waals surface area contributed by atoms with Gasteiger partial charge in [0.15, 0.2) is 0 Å². The molecular formula is C14H20BrClN2O. The summed E-state index contributed by atoms with van der Waals surface area (Å²) in [6, 6.07) is 3.96. The number of aryl methyl sites for hydroxylation is 2. The highest BCUT2D eigenvalue weighted by atomic mass is 79.9. The third kappa shape index (κ3) is 4.20. The number of rotatable bonds is 2. The number of nitrogens with one attached hydrogen (secondary N) is 2. The minimum absolute atomic E-state index is 0. The molecule has 1 saturated heterocycles. The van der Waals surface area contributed by atoms with Crippen molar-refractivity contribution in [3.63, 3.8) is 0 Å². The predicted octanol–water partition coefficient (Wildman–Crippen LogP) is 3.57.